The van der Waals surface area contributed by atoms with Gasteiger partial charge in [0, 0.05) is 31.5 Å². The van der Waals surface area contributed by atoms with Gasteiger partial charge >= 0.3 is 0 Å². The van der Waals surface area contributed by atoms with E-state index in [-0.39, 0.29) is 23.5 Å². The number of piperidine rings is 1. The van der Waals surface area contributed by atoms with E-state index in [4.69, 9.17) is 4.74 Å². The largest absolute Gasteiger partial charge is 0.392 e. The molecule has 5 heteroatoms. The van der Waals surface area contributed by atoms with Crippen LogP contribution in [0.25, 0.3) is 0 Å². The van der Waals surface area contributed by atoms with Crippen molar-refractivity contribution in [3.8, 4) is 0 Å². The highest BCUT2D eigenvalue weighted by Gasteiger charge is 2.56. The van der Waals surface area contributed by atoms with Crippen LogP contribution in [0.1, 0.15) is 39.0 Å². The number of ether oxygens (including phenoxy) is 1. The summed E-state index contributed by atoms with van der Waals surface area (Å²) in [6, 6.07) is 0. The smallest absolute Gasteiger partial charge is 0.236 e. The lowest BCUT2D eigenvalue weighted by Gasteiger charge is -2.56. The number of likely N-dealkylation sites (tertiary alicyclic amines) is 2. The van der Waals surface area contributed by atoms with E-state index in [1.165, 1.54) is 0 Å². The Labute approximate surface area is 127 Å². The molecule has 1 spiro atoms. The van der Waals surface area contributed by atoms with Crippen LogP contribution >= 0.6 is 0 Å². The second-order valence-electron chi connectivity index (χ2n) is 6.79. The first-order valence-electron chi connectivity index (χ1n) is 8.45. The van der Waals surface area contributed by atoms with Crippen LogP contribution in [0.15, 0.2) is 0 Å². The van der Waals surface area contributed by atoms with Gasteiger partial charge in [-0.1, -0.05) is 0 Å². The molecule has 21 heavy (non-hydrogen) atoms. The highest BCUT2D eigenvalue weighted by Crippen LogP contribution is 2.50. The van der Waals surface area contributed by atoms with Gasteiger partial charge in [-0.2, -0.15) is 0 Å². The number of aliphatic hydroxyl groups excluding tert-OH is 1. The van der Waals surface area contributed by atoms with E-state index in [1.807, 2.05) is 11.8 Å². The van der Waals surface area contributed by atoms with Crippen LogP contribution in [0.4, 0.5) is 0 Å². The van der Waals surface area contributed by atoms with Crippen molar-refractivity contribution in [2.75, 3.05) is 39.3 Å². The third kappa shape index (κ3) is 2.83. The minimum atomic E-state index is -0.217. The van der Waals surface area contributed by atoms with Crippen molar-refractivity contribution >= 4 is 5.91 Å². The number of carbonyl (C=O) groups excluding carboxylic acids is 1. The van der Waals surface area contributed by atoms with Gasteiger partial charge in [0.05, 0.1) is 18.8 Å². The Bertz CT molecular complexity index is 372. The molecule has 120 valence electrons. The molecule has 3 rings (SSSR count). The Kier molecular flexibility index (Phi) is 4.52. The number of amides is 1. The zero-order valence-corrected chi connectivity index (χ0v) is 13.1. The summed E-state index contributed by atoms with van der Waals surface area (Å²) in [6.07, 6.45) is 4.98. The summed E-state index contributed by atoms with van der Waals surface area (Å²) in [4.78, 5) is 16.4. The Hall–Kier alpha value is -0.650. The average Bonchev–Trinajstić information content (AvgIpc) is 3.02. The fourth-order valence-electron chi connectivity index (χ4n) is 4.20. The summed E-state index contributed by atoms with van der Waals surface area (Å²) in [5.74, 6) is 0.277. The van der Waals surface area contributed by atoms with Gasteiger partial charge in [0.1, 0.15) is 0 Å². The van der Waals surface area contributed by atoms with Crippen LogP contribution in [0.5, 0.6) is 0 Å². The Morgan fingerprint density at radius 1 is 1.24 bits per heavy atom. The molecule has 2 saturated heterocycles. The van der Waals surface area contributed by atoms with E-state index >= 15 is 0 Å². The number of rotatable bonds is 4. The Morgan fingerprint density at radius 3 is 2.48 bits per heavy atom. The fraction of sp³-hybridized carbons (Fsp3) is 0.938. The van der Waals surface area contributed by atoms with Crippen LogP contribution in [-0.4, -0.2) is 72.4 Å². The maximum Gasteiger partial charge on any atom is 0.236 e. The van der Waals surface area contributed by atoms with Crippen LogP contribution in [0, 0.1) is 5.41 Å². The molecule has 2 aliphatic heterocycles. The molecular weight excluding hydrogens is 268 g/mol. The van der Waals surface area contributed by atoms with Gasteiger partial charge in [0.15, 0.2) is 0 Å². The average molecular weight is 296 g/mol. The van der Waals surface area contributed by atoms with Gasteiger partial charge in [-0.15, -0.1) is 0 Å². The molecule has 1 aliphatic carbocycles. The van der Waals surface area contributed by atoms with Crippen molar-refractivity contribution < 1.29 is 14.6 Å². The molecule has 5 nitrogen and oxygen atoms in total. The highest BCUT2D eigenvalue weighted by atomic mass is 16.5. The minimum absolute atomic E-state index is 0.0385. The van der Waals surface area contributed by atoms with Gasteiger partial charge in [-0.3, -0.25) is 9.69 Å². The number of hydrogen-bond acceptors (Lipinski definition) is 4. The lowest BCUT2D eigenvalue weighted by atomic mass is 9.58. The molecule has 3 aliphatic rings. The monoisotopic (exact) mass is 296 g/mol. The van der Waals surface area contributed by atoms with Crippen molar-refractivity contribution in [3.63, 3.8) is 0 Å². The summed E-state index contributed by atoms with van der Waals surface area (Å²) in [5.41, 5.74) is -0.0385. The predicted molar refractivity (Wildman–Crippen MR) is 80.0 cm³/mol. The lowest BCUT2D eigenvalue weighted by molar-refractivity contribution is -0.209. The van der Waals surface area contributed by atoms with Crippen LogP contribution < -0.4 is 0 Å². The molecule has 0 unspecified atom stereocenters. The van der Waals surface area contributed by atoms with Crippen LogP contribution in [0.3, 0.4) is 0 Å². The summed E-state index contributed by atoms with van der Waals surface area (Å²) in [6.45, 7) is 6.95. The molecule has 0 aromatic rings. The Balaban J connectivity index is 1.49. The molecule has 1 amide bonds. The fourth-order valence-corrected chi connectivity index (χ4v) is 4.20. The van der Waals surface area contributed by atoms with E-state index in [0.717, 1.165) is 64.9 Å². The minimum Gasteiger partial charge on any atom is -0.392 e. The molecule has 0 bridgehead atoms. The Morgan fingerprint density at radius 2 is 1.90 bits per heavy atom. The van der Waals surface area contributed by atoms with E-state index in [1.54, 1.807) is 0 Å². The maximum absolute atomic E-state index is 12.2. The SMILES string of the molecule is CCO[C@H]1C[C@H](O)C12CCN(CC(=O)N1CCCC1)CC2. The molecule has 2 heterocycles. The van der Waals surface area contributed by atoms with E-state index < -0.39 is 0 Å². The zero-order valence-electron chi connectivity index (χ0n) is 13.1. The summed E-state index contributed by atoms with van der Waals surface area (Å²) < 4.78 is 5.79. The second kappa shape index (κ2) is 6.23. The number of nitrogens with zero attached hydrogens (tertiary/aromatic N) is 2. The maximum atomic E-state index is 12.2. The summed E-state index contributed by atoms with van der Waals surface area (Å²) in [7, 11) is 0. The molecule has 0 aromatic heterocycles. The quantitative estimate of drug-likeness (QED) is 0.836. The molecule has 3 fully saturated rings. The first-order chi connectivity index (χ1) is 10.2. The van der Waals surface area contributed by atoms with Crippen LogP contribution in [-0.2, 0) is 9.53 Å². The van der Waals surface area contributed by atoms with Crippen molar-refractivity contribution in [1.29, 1.82) is 0 Å². The first kappa shape index (κ1) is 15.3. The normalized spacial score (nSPS) is 32.4. The van der Waals surface area contributed by atoms with Gasteiger partial charge in [-0.25, -0.2) is 0 Å². The lowest BCUT2D eigenvalue weighted by Crippen LogP contribution is -2.62. The van der Waals surface area contributed by atoms with Gasteiger partial charge in [0.25, 0.3) is 0 Å². The molecule has 0 radical (unpaired) electrons. The molecule has 2 atom stereocenters. The third-order valence-corrected chi connectivity index (χ3v) is 5.71. The number of aliphatic hydroxyl groups is 1. The van der Waals surface area contributed by atoms with Gasteiger partial charge in [-0.05, 0) is 45.7 Å². The van der Waals surface area contributed by atoms with Gasteiger partial charge in [0.2, 0.25) is 5.91 Å². The number of carbonyl (C=O) groups is 1. The van der Waals surface area contributed by atoms with Crippen molar-refractivity contribution in [3.05, 3.63) is 0 Å². The van der Waals surface area contributed by atoms with Crippen molar-refractivity contribution in [2.45, 2.75) is 51.2 Å². The molecule has 1 saturated carbocycles. The van der Waals surface area contributed by atoms with Crippen molar-refractivity contribution in [1.82, 2.24) is 9.80 Å². The summed E-state index contributed by atoms with van der Waals surface area (Å²) in [5, 5.41) is 10.2. The van der Waals surface area contributed by atoms with Gasteiger partial charge < -0.3 is 14.7 Å². The first-order valence-corrected chi connectivity index (χ1v) is 8.45. The molecule has 0 aromatic carbocycles. The van der Waals surface area contributed by atoms with E-state index in [2.05, 4.69) is 4.90 Å². The van der Waals surface area contributed by atoms with E-state index in [0.29, 0.717) is 6.54 Å². The van der Waals surface area contributed by atoms with E-state index in [9.17, 15) is 9.90 Å². The zero-order chi connectivity index (χ0) is 14.9. The summed E-state index contributed by atoms with van der Waals surface area (Å²) >= 11 is 0. The highest BCUT2D eigenvalue weighted by molar-refractivity contribution is 5.78. The molecule has 1 N–H and O–H groups in total. The van der Waals surface area contributed by atoms with Crippen LogP contribution in [0.2, 0.25) is 0 Å². The third-order valence-electron chi connectivity index (χ3n) is 5.71. The predicted octanol–water partition coefficient (Wildman–Crippen LogP) is 0.861. The molecular formula is C16H28N2O3. The number of hydrogen-bond donors (Lipinski definition) is 1. The second-order valence-corrected chi connectivity index (χ2v) is 6.79. The standard InChI is InChI=1S/C16H28N2O3/c1-2-21-14-11-13(19)16(14)5-9-17(10-6-16)12-15(20)18-7-3-4-8-18/h13-14,19H,2-12H2,1H3/t13-,14-/m0/s1. The topological polar surface area (TPSA) is 53.0 Å². The van der Waals surface area contributed by atoms with Crippen molar-refractivity contribution in [2.24, 2.45) is 5.41 Å².